The van der Waals surface area contributed by atoms with Gasteiger partial charge in [0.25, 0.3) is 0 Å². The third kappa shape index (κ3) is 5.59. The van der Waals surface area contributed by atoms with Crippen LogP contribution >= 0.6 is 11.3 Å². The Morgan fingerprint density at radius 2 is 1.97 bits per heavy atom. The van der Waals surface area contributed by atoms with E-state index in [-0.39, 0.29) is 18.3 Å². The van der Waals surface area contributed by atoms with Gasteiger partial charge in [-0.2, -0.15) is 5.10 Å². The van der Waals surface area contributed by atoms with Crippen molar-refractivity contribution in [3.05, 3.63) is 82.6 Å². The van der Waals surface area contributed by atoms with Gasteiger partial charge in [-0.1, -0.05) is 12.1 Å². The van der Waals surface area contributed by atoms with Crippen molar-refractivity contribution in [3.8, 4) is 11.5 Å². The highest BCUT2D eigenvalue weighted by Crippen LogP contribution is 2.28. The molecular formula is C24H22N4O5S. The van der Waals surface area contributed by atoms with Crippen LogP contribution < -0.4 is 14.9 Å². The number of fused-ring (bicyclic) bond motifs is 1. The van der Waals surface area contributed by atoms with Crippen LogP contribution in [0.25, 0.3) is 4.96 Å². The van der Waals surface area contributed by atoms with Crippen molar-refractivity contribution in [1.29, 1.82) is 0 Å². The molecule has 9 nitrogen and oxygen atoms in total. The Hall–Kier alpha value is -4.18. The van der Waals surface area contributed by atoms with Crippen LogP contribution in [-0.2, 0) is 22.6 Å². The second-order valence-electron chi connectivity index (χ2n) is 7.18. The van der Waals surface area contributed by atoms with Gasteiger partial charge in [0.05, 0.1) is 38.1 Å². The Morgan fingerprint density at radius 1 is 1.15 bits per heavy atom. The standard InChI is InChI=1S/C24H22N4O5S/c1-31-21-11-17(13-25-27-22(29)12-19-14-28-9-10-34-24(28)26-19)5-8-20(21)33-15-16-3-6-18(7-4-16)23(30)32-2/h3-11,13-14H,12,15H2,1-2H3,(H,27,29)/b25-13+. The van der Waals surface area contributed by atoms with Gasteiger partial charge in [-0.05, 0) is 41.5 Å². The van der Waals surface area contributed by atoms with Crippen LogP contribution in [0.1, 0.15) is 27.2 Å². The number of hydrazone groups is 1. The molecule has 0 spiro atoms. The summed E-state index contributed by atoms with van der Waals surface area (Å²) in [5.74, 6) is 0.441. The fourth-order valence-electron chi connectivity index (χ4n) is 3.14. The maximum atomic E-state index is 12.1. The fraction of sp³-hybridized carbons (Fsp3) is 0.167. The molecule has 1 amide bonds. The number of ether oxygens (including phenoxy) is 3. The minimum atomic E-state index is -0.385. The summed E-state index contributed by atoms with van der Waals surface area (Å²) < 4.78 is 17.9. The van der Waals surface area contributed by atoms with E-state index in [2.05, 4.69) is 15.5 Å². The molecule has 4 aromatic rings. The number of benzene rings is 2. The summed E-state index contributed by atoms with van der Waals surface area (Å²) >= 11 is 1.51. The van der Waals surface area contributed by atoms with Crippen molar-refractivity contribution < 1.29 is 23.8 Å². The molecule has 174 valence electrons. The van der Waals surface area contributed by atoms with Crippen LogP contribution in [0.5, 0.6) is 11.5 Å². The van der Waals surface area contributed by atoms with Gasteiger partial charge in [-0.3, -0.25) is 9.20 Å². The Kier molecular flexibility index (Phi) is 7.19. The number of imidazole rings is 1. The van der Waals surface area contributed by atoms with Crippen LogP contribution in [-0.4, -0.2) is 41.7 Å². The smallest absolute Gasteiger partial charge is 0.337 e. The summed E-state index contributed by atoms with van der Waals surface area (Å²) in [5, 5.41) is 5.95. The van der Waals surface area contributed by atoms with E-state index in [1.54, 1.807) is 49.6 Å². The SMILES string of the molecule is COC(=O)c1ccc(COc2ccc(/C=N/NC(=O)Cc3cn4ccsc4n3)cc2OC)cc1. The quantitative estimate of drug-likeness (QED) is 0.225. The van der Waals surface area contributed by atoms with Gasteiger partial charge in [0.1, 0.15) is 6.61 Å². The number of esters is 1. The average Bonchev–Trinajstić information content (AvgIpc) is 3.44. The summed E-state index contributed by atoms with van der Waals surface area (Å²) in [6, 6.07) is 12.3. The minimum Gasteiger partial charge on any atom is -0.493 e. The topological polar surface area (TPSA) is 104 Å². The molecule has 2 aromatic heterocycles. The minimum absolute atomic E-state index is 0.141. The van der Waals surface area contributed by atoms with Crippen molar-refractivity contribution in [1.82, 2.24) is 14.8 Å². The van der Waals surface area contributed by atoms with E-state index in [4.69, 9.17) is 14.2 Å². The number of aromatic nitrogens is 2. The highest BCUT2D eigenvalue weighted by atomic mass is 32.1. The van der Waals surface area contributed by atoms with E-state index in [0.29, 0.717) is 29.4 Å². The van der Waals surface area contributed by atoms with E-state index >= 15 is 0 Å². The number of methoxy groups -OCH3 is 2. The zero-order valence-corrected chi connectivity index (χ0v) is 19.4. The van der Waals surface area contributed by atoms with Crippen LogP contribution in [0.15, 0.2) is 65.3 Å². The number of thiazole rings is 1. The Balaban J connectivity index is 1.31. The average molecular weight is 479 g/mol. The van der Waals surface area contributed by atoms with E-state index in [9.17, 15) is 9.59 Å². The first kappa shape index (κ1) is 23.0. The second kappa shape index (κ2) is 10.6. The van der Waals surface area contributed by atoms with E-state index in [1.165, 1.54) is 24.7 Å². The molecule has 1 N–H and O–H groups in total. The van der Waals surface area contributed by atoms with Gasteiger partial charge in [0, 0.05) is 17.8 Å². The third-order valence-corrected chi connectivity index (χ3v) is 5.62. The van der Waals surface area contributed by atoms with Gasteiger partial charge in [-0.15, -0.1) is 11.3 Å². The van der Waals surface area contributed by atoms with Gasteiger partial charge >= 0.3 is 5.97 Å². The molecule has 0 saturated heterocycles. The third-order valence-electron chi connectivity index (χ3n) is 4.84. The molecule has 0 unspecified atom stereocenters. The number of nitrogens with zero attached hydrogens (tertiary/aromatic N) is 3. The number of hydrogen-bond donors (Lipinski definition) is 1. The van der Waals surface area contributed by atoms with Gasteiger partial charge in [0.15, 0.2) is 16.5 Å². The molecule has 0 bridgehead atoms. The van der Waals surface area contributed by atoms with Crippen LogP contribution in [0, 0.1) is 0 Å². The van der Waals surface area contributed by atoms with Crippen molar-refractivity contribution in [2.75, 3.05) is 14.2 Å². The van der Waals surface area contributed by atoms with Crippen molar-refractivity contribution in [3.63, 3.8) is 0 Å². The van der Waals surface area contributed by atoms with E-state index in [1.807, 2.05) is 22.2 Å². The maximum Gasteiger partial charge on any atom is 0.337 e. The molecule has 0 aliphatic heterocycles. The predicted molar refractivity (Wildman–Crippen MR) is 128 cm³/mol. The van der Waals surface area contributed by atoms with Crippen LogP contribution in [0.4, 0.5) is 0 Å². The second-order valence-corrected chi connectivity index (χ2v) is 8.06. The predicted octanol–water partition coefficient (Wildman–Crippen LogP) is 3.46. The first-order valence-corrected chi connectivity index (χ1v) is 11.1. The molecule has 4 rings (SSSR count). The maximum absolute atomic E-state index is 12.1. The molecule has 0 radical (unpaired) electrons. The lowest BCUT2D eigenvalue weighted by Gasteiger charge is -2.11. The zero-order chi connectivity index (χ0) is 23.9. The van der Waals surface area contributed by atoms with Gasteiger partial charge in [-0.25, -0.2) is 15.2 Å². The number of carbonyl (C=O) groups is 2. The Labute approximate surface area is 199 Å². The van der Waals surface area contributed by atoms with Crippen molar-refractivity contribution in [2.45, 2.75) is 13.0 Å². The number of nitrogens with one attached hydrogen (secondary N) is 1. The molecule has 2 heterocycles. The lowest BCUT2D eigenvalue weighted by atomic mass is 10.1. The number of hydrogen-bond acceptors (Lipinski definition) is 8. The Morgan fingerprint density at radius 3 is 2.71 bits per heavy atom. The summed E-state index contributed by atoms with van der Waals surface area (Å²) in [5.41, 5.74) is 5.29. The van der Waals surface area contributed by atoms with Gasteiger partial charge in [0.2, 0.25) is 5.91 Å². The molecule has 10 heteroatoms. The number of rotatable bonds is 9. The molecule has 2 aromatic carbocycles. The Bertz CT molecular complexity index is 1300. The van der Waals surface area contributed by atoms with Gasteiger partial charge < -0.3 is 14.2 Å². The summed E-state index contributed by atoms with van der Waals surface area (Å²) in [6.07, 6.45) is 5.39. The highest BCUT2D eigenvalue weighted by molar-refractivity contribution is 7.15. The number of carbonyl (C=O) groups excluding carboxylic acids is 2. The van der Waals surface area contributed by atoms with Crippen molar-refractivity contribution in [2.24, 2.45) is 5.10 Å². The van der Waals surface area contributed by atoms with Crippen LogP contribution in [0.3, 0.4) is 0 Å². The lowest BCUT2D eigenvalue weighted by Crippen LogP contribution is -2.19. The largest absolute Gasteiger partial charge is 0.493 e. The molecule has 34 heavy (non-hydrogen) atoms. The first-order valence-electron chi connectivity index (χ1n) is 10.3. The fourth-order valence-corrected chi connectivity index (χ4v) is 3.86. The summed E-state index contributed by atoms with van der Waals surface area (Å²) in [7, 11) is 2.89. The molecule has 0 saturated carbocycles. The zero-order valence-electron chi connectivity index (χ0n) is 18.6. The van der Waals surface area contributed by atoms with Crippen LogP contribution in [0.2, 0.25) is 0 Å². The normalized spacial score (nSPS) is 11.0. The summed E-state index contributed by atoms with van der Waals surface area (Å²) in [6.45, 7) is 0.299. The molecule has 0 fully saturated rings. The molecular weight excluding hydrogens is 456 g/mol. The number of amides is 1. The van der Waals surface area contributed by atoms with Crippen molar-refractivity contribution >= 4 is 34.4 Å². The monoisotopic (exact) mass is 478 g/mol. The summed E-state index contributed by atoms with van der Waals surface area (Å²) in [4.78, 5) is 28.9. The lowest BCUT2D eigenvalue weighted by molar-refractivity contribution is -0.120. The van der Waals surface area contributed by atoms with E-state index < -0.39 is 0 Å². The molecule has 0 aliphatic carbocycles. The molecule has 0 aliphatic rings. The first-order chi connectivity index (χ1) is 16.6. The molecule has 0 atom stereocenters. The van der Waals surface area contributed by atoms with E-state index in [0.717, 1.165) is 16.1 Å². The highest BCUT2D eigenvalue weighted by Gasteiger charge is 2.09.